The summed E-state index contributed by atoms with van der Waals surface area (Å²) in [7, 11) is 0. The highest BCUT2D eigenvalue weighted by atomic mass is 16.6. The third-order valence-corrected chi connectivity index (χ3v) is 6.77. The highest BCUT2D eigenvalue weighted by molar-refractivity contribution is 5.71. The predicted molar refractivity (Wildman–Crippen MR) is 122 cm³/mol. The highest BCUT2D eigenvalue weighted by Gasteiger charge is 2.35. The number of hydrogen-bond donors (Lipinski definition) is 0. The van der Waals surface area contributed by atoms with Crippen molar-refractivity contribution in [2.75, 3.05) is 59.1 Å². The Morgan fingerprint density at radius 1 is 0.727 bits per heavy atom. The minimum atomic E-state index is -0.978. The molecule has 9 nitrogen and oxygen atoms in total. The van der Waals surface area contributed by atoms with Crippen molar-refractivity contribution < 1.29 is 28.6 Å². The molecule has 0 N–H and O–H groups in total. The molecule has 6 atom stereocenters. The van der Waals surface area contributed by atoms with Crippen molar-refractivity contribution in [2.45, 2.75) is 58.2 Å². The standard InChI is InChI=1S/C24H39N3O6/c1-5-24(15-31-21(28)6-9-25-12-18(25)2,16-32-22(29)7-10-26-13-19(26)3)17-33-23(30)8-11-27-14-20(27)4/h5,18-20H,1,6-17H2,2-4H3. The van der Waals surface area contributed by atoms with E-state index in [-0.39, 0.29) is 37.7 Å². The second-order valence-electron chi connectivity index (χ2n) is 9.83. The average Bonchev–Trinajstić information content (AvgIpc) is 3.74. The van der Waals surface area contributed by atoms with E-state index in [1.165, 1.54) is 0 Å². The van der Waals surface area contributed by atoms with E-state index in [1.807, 2.05) is 0 Å². The maximum atomic E-state index is 12.2. The second kappa shape index (κ2) is 11.4. The molecule has 3 aliphatic rings. The Balaban J connectivity index is 1.46. The van der Waals surface area contributed by atoms with Gasteiger partial charge >= 0.3 is 17.9 Å². The smallest absolute Gasteiger partial charge is 0.307 e. The van der Waals surface area contributed by atoms with Gasteiger partial charge in [0.05, 0.1) is 24.7 Å². The van der Waals surface area contributed by atoms with Gasteiger partial charge in [-0.15, -0.1) is 6.58 Å². The number of hydrogen-bond acceptors (Lipinski definition) is 9. The monoisotopic (exact) mass is 465 g/mol. The molecule has 0 saturated carbocycles. The van der Waals surface area contributed by atoms with Crippen molar-refractivity contribution in [1.29, 1.82) is 0 Å². The van der Waals surface area contributed by atoms with Gasteiger partial charge in [-0.2, -0.15) is 0 Å². The Kier molecular flexibility index (Phi) is 8.89. The first kappa shape index (κ1) is 25.6. The van der Waals surface area contributed by atoms with E-state index >= 15 is 0 Å². The SMILES string of the molecule is C=CC(COC(=O)CCN1CC1C)(COC(=O)CCN1CC1C)COC(=O)CCN1CC1C. The molecule has 0 radical (unpaired) electrons. The topological polar surface area (TPSA) is 87.9 Å². The summed E-state index contributed by atoms with van der Waals surface area (Å²) in [5.41, 5.74) is -0.978. The summed E-state index contributed by atoms with van der Waals surface area (Å²) in [6.45, 7) is 15.0. The minimum Gasteiger partial charge on any atom is -0.464 e. The third-order valence-electron chi connectivity index (χ3n) is 6.77. The molecule has 6 unspecified atom stereocenters. The number of nitrogens with zero attached hydrogens (tertiary/aromatic N) is 3. The number of rotatable bonds is 16. The molecule has 0 aromatic carbocycles. The Morgan fingerprint density at radius 2 is 1.00 bits per heavy atom. The first-order chi connectivity index (χ1) is 15.7. The summed E-state index contributed by atoms with van der Waals surface area (Å²) in [6, 6.07) is 1.57. The number of carbonyl (C=O) groups excluding carboxylic acids is 3. The average molecular weight is 466 g/mol. The van der Waals surface area contributed by atoms with Crippen molar-refractivity contribution in [1.82, 2.24) is 14.7 Å². The Bertz CT molecular complexity index is 641. The summed E-state index contributed by atoms with van der Waals surface area (Å²) in [6.07, 6.45) is 2.43. The van der Waals surface area contributed by atoms with Crippen molar-refractivity contribution in [3.63, 3.8) is 0 Å². The molecular formula is C24H39N3O6. The molecule has 33 heavy (non-hydrogen) atoms. The number of esters is 3. The van der Waals surface area contributed by atoms with Crippen LogP contribution in [0.15, 0.2) is 12.7 Å². The van der Waals surface area contributed by atoms with Crippen LogP contribution in [0.25, 0.3) is 0 Å². The molecule has 3 aliphatic heterocycles. The predicted octanol–water partition coefficient (Wildman–Crippen LogP) is 1.07. The molecule has 0 spiro atoms. The fraction of sp³-hybridized carbons (Fsp3) is 0.792. The summed E-state index contributed by atoms with van der Waals surface area (Å²) in [4.78, 5) is 43.3. The van der Waals surface area contributed by atoms with E-state index in [9.17, 15) is 14.4 Å². The van der Waals surface area contributed by atoms with Crippen LogP contribution in [0.4, 0.5) is 0 Å². The van der Waals surface area contributed by atoms with E-state index in [4.69, 9.17) is 14.2 Å². The zero-order valence-electron chi connectivity index (χ0n) is 20.3. The quantitative estimate of drug-likeness (QED) is 0.144. The van der Waals surface area contributed by atoms with E-state index in [0.29, 0.717) is 57.0 Å². The molecule has 0 bridgehead atoms. The summed E-state index contributed by atoms with van der Waals surface area (Å²) < 4.78 is 16.5. The maximum absolute atomic E-state index is 12.2. The summed E-state index contributed by atoms with van der Waals surface area (Å²) in [5, 5.41) is 0. The fourth-order valence-electron chi connectivity index (χ4n) is 3.71. The zero-order chi connectivity index (χ0) is 24.0. The molecule has 0 aromatic heterocycles. The van der Waals surface area contributed by atoms with E-state index in [2.05, 4.69) is 42.0 Å². The van der Waals surface area contributed by atoms with Crippen LogP contribution >= 0.6 is 0 Å². The van der Waals surface area contributed by atoms with E-state index in [0.717, 1.165) is 19.6 Å². The summed E-state index contributed by atoms with van der Waals surface area (Å²) in [5.74, 6) is -0.989. The van der Waals surface area contributed by atoms with Crippen LogP contribution in [-0.2, 0) is 28.6 Å². The highest BCUT2D eigenvalue weighted by Crippen LogP contribution is 2.24. The number of carbonyl (C=O) groups is 3. The van der Waals surface area contributed by atoms with Gasteiger partial charge in [0, 0.05) is 57.4 Å². The van der Waals surface area contributed by atoms with E-state index in [1.54, 1.807) is 6.08 Å². The van der Waals surface area contributed by atoms with Gasteiger partial charge in [-0.1, -0.05) is 6.08 Å². The molecule has 3 heterocycles. The van der Waals surface area contributed by atoms with Gasteiger partial charge < -0.3 is 14.2 Å². The van der Waals surface area contributed by atoms with Crippen LogP contribution in [0.2, 0.25) is 0 Å². The van der Waals surface area contributed by atoms with Gasteiger partial charge in [-0.25, -0.2) is 0 Å². The Morgan fingerprint density at radius 3 is 1.21 bits per heavy atom. The lowest BCUT2D eigenvalue weighted by molar-refractivity contribution is -0.158. The molecule has 0 amide bonds. The van der Waals surface area contributed by atoms with Crippen LogP contribution in [0.3, 0.4) is 0 Å². The van der Waals surface area contributed by atoms with Crippen LogP contribution in [-0.4, -0.2) is 110 Å². The number of ether oxygens (including phenoxy) is 3. The van der Waals surface area contributed by atoms with Crippen LogP contribution in [0.1, 0.15) is 40.0 Å². The van der Waals surface area contributed by atoms with E-state index < -0.39 is 5.41 Å². The molecule has 3 saturated heterocycles. The molecule has 186 valence electrons. The maximum Gasteiger partial charge on any atom is 0.307 e. The van der Waals surface area contributed by atoms with Crippen LogP contribution in [0, 0.1) is 5.41 Å². The first-order valence-electron chi connectivity index (χ1n) is 12.0. The van der Waals surface area contributed by atoms with Crippen LogP contribution in [0.5, 0.6) is 0 Å². The third kappa shape index (κ3) is 8.72. The Labute approximate surface area is 197 Å². The fourth-order valence-corrected chi connectivity index (χ4v) is 3.71. The van der Waals surface area contributed by atoms with Crippen molar-refractivity contribution in [2.24, 2.45) is 5.41 Å². The van der Waals surface area contributed by atoms with Gasteiger partial charge in [0.15, 0.2) is 0 Å². The molecule has 3 fully saturated rings. The summed E-state index contributed by atoms with van der Waals surface area (Å²) >= 11 is 0. The zero-order valence-corrected chi connectivity index (χ0v) is 20.3. The van der Waals surface area contributed by atoms with Crippen molar-refractivity contribution in [3.8, 4) is 0 Å². The van der Waals surface area contributed by atoms with Gasteiger partial charge in [-0.05, 0) is 20.8 Å². The molecule has 9 heteroatoms. The van der Waals surface area contributed by atoms with Crippen LogP contribution < -0.4 is 0 Å². The lowest BCUT2D eigenvalue weighted by Gasteiger charge is -2.29. The molecular weight excluding hydrogens is 426 g/mol. The minimum absolute atomic E-state index is 0.0578. The molecule has 0 aromatic rings. The van der Waals surface area contributed by atoms with Crippen molar-refractivity contribution in [3.05, 3.63) is 12.7 Å². The van der Waals surface area contributed by atoms with Gasteiger partial charge in [0.1, 0.15) is 19.8 Å². The second-order valence-corrected chi connectivity index (χ2v) is 9.83. The largest absolute Gasteiger partial charge is 0.464 e. The lowest BCUT2D eigenvalue weighted by atomic mass is 9.91. The first-order valence-corrected chi connectivity index (χ1v) is 12.0. The molecule has 0 aliphatic carbocycles. The Hall–Kier alpha value is -1.97. The van der Waals surface area contributed by atoms with Crippen molar-refractivity contribution >= 4 is 17.9 Å². The lowest BCUT2D eigenvalue weighted by Crippen LogP contribution is -2.38. The normalized spacial score (nSPS) is 31.1. The molecule has 3 rings (SSSR count). The van der Waals surface area contributed by atoms with Gasteiger partial charge in [0.25, 0.3) is 0 Å². The van der Waals surface area contributed by atoms with Gasteiger partial charge in [0.2, 0.25) is 0 Å². The van der Waals surface area contributed by atoms with Gasteiger partial charge in [-0.3, -0.25) is 29.1 Å².